The van der Waals surface area contributed by atoms with E-state index in [0.29, 0.717) is 20.2 Å². The Balaban J connectivity index is 1.89. The van der Waals surface area contributed by atoms with Gasteiger partial charge in [-0.05, 0) is 40.2 Å². The highest BCUT2D eigenvalue weighted by atomic mass is 79.9. The number of hydrogen-bond donors (Lipinski definition) is 1. The van der Waals surface area contributed by atoms with E-state index in [1.54, 1.807) is 12.1 Å². The Morgan fingerprint density at radius 2 is 1.61 bits per heavy atom. The van der Waals surface area contributed by atoms with Gasteiger partial charge in [-0.25, -0.2) is 18.1 Å². The molecule has 1 aromatic heterocycles. The van der Waals surface area contributed by atoms with E-state index in [4.69, 9.17) is 46.4 Å². The number of imidazole rings is 1. The summed E-state index contributed by atoms with van der Waals surface area (Å²) in [4.78, 5) is 15.9. The van der Waals surface area contributed by atoms with Gasteiger partial charge in [0.25, 0.3) is 15.9 Å². The third kappa shape index (κ3) is 4.32. The highest BCUT2D eigenvalue weighted by Crippen LogP contribution is 2.33. The second-order valence-electron chi connectivity index (χ2n) is 5.37. The molecule has 6 nitrogen and oxygen atoms in total. The standard InChI is InChI=1S/C16H8BrCl4N3O3S/c17-14-11(20)4-8(5-12(14)21)24-6-13(22-7-24)16(25)23-28(26,27)15-9(18)2-1-3-10(15)19/h1-7H,(H,23,25). The largest absolute Gasteiger partial charge is 0.305 e. The monoisotopic (exact) mass is 541 g/mol. The molecule has 3 rings (SSSR count). The summed E-state index contributed by atoms with van der Waals surface area (Å²) in [5, 5.41) is 0.492. The predicted molar refractivity (Wildman–Crippen MR) is 112 cm³/mol. The third-order valence-electron chi connectivity index (χ3n) is 3.50. The van der Waals surface area contributed by atoms with Gasteiger partial charge in [-0.2, -0.15) is 0 Å². The summed E-state index contributed by atoms with van der Waals surface area (Å²) < 4.78 is 28.9. The lowest BCUT2D eigenvalue weighted by atomic mass is 10.3. The van der Waals surface area contributed by atoms with Crippen molar-refractivity contribution in [2.24, 2.45) is 0 Å². The molecule has 0 aliphatic rings. The Bertz CT molecular complexity index is 1150. The molecule has 0 aliphatic carbocycles. The summed E-state index contributed by atoms with van der Waals surface area (Å²) in [6, 6.07) is 7.38. The van der Waals surface area contributed by atoms with Crippen LogP contribution in [0.3, 0.4) is 0 Å². The van der Waals surface area contributed by atoms with Crippen LogP contribution in [0.2, 0.25) is 20.1 Å². The SMILES string of the molecule is O=C(NS(=O)(=O)c1c(Cl)cccc1Cl)c1cn(-c2cc(Cl)c(Br)c(Cl)c2)cn1. The normalized spacial score (nSPS) is 11.5. The van der Waals surface area contributed by atoms with Gasteiger partial charge in [0.2, 0.25) is 0 Å². The number of amides is 1. The van der Waals surface area contributed by atoms with Gasteiger partial charge in [-0.1, -0.05) is 52.5 Å². The second-order valence-corrected chi connectivity index (χ2v) is 9.42. The summed E-state index contributed by atoms with van der Waals surface area (Å²) in [5.41, 5.74) is 0.378. The zero-order chi connectivity index (χ0) is 20.6. The first kappa shape index (κ1) is 21.4. The van der Waals surface area contributed by atoms with E-state index in [1.807, 2.05) is 4.72 Å². The van der Waals surface area contributed by atoms with E-state index in [9.17, 15) is 13.2 Å². The predicted octanol–water partition coefficient (Wildman–Crippen LogP) is 5.37. The van der Waals surface area contributed by atoms with E-state index < -0.39 is 20.8 Å². The maximum absolute atomic E-state index is 12.5. The minimum absolute atomic E-state index is 0.113. The van der Waals surface area contributed by atoms with Gasteiger partial charge < -0.3 is 4.57 Å². The molecule has 0 atom stereocenters. The van der Waals surface area contributed by atoms with Crippen LogP contribution in [0.1, 0.15) is 10.5 Å². The average molecular weight is 544 g/mol. The maximum atomic E-state index is 12.5. The molecule has 2 aromatic carbocycles. The topological polar surface area (TPSA) is 81.1 Å². The van der Waals surface area contributed by atoms with Crippen LogP contribution >= 0.6 is 62.3 Å². The Morgan fingerprint density at radius 1 is 1.04 bits per heavy atom. The minimum Gasteiger partial charge on any atom is -0.305 e. The van der Waals surface area contributed by atoms with Crippen molar-refractivity contribution in [2.75, 3.05) is 0 Å². The quantitative estimate of drug-likeness (QED) is 0.449. The fraction of sp³-hybridized carbons (Fsp3) is 0. The number of carbonyl (C=O) groups is 1. The molecule has 0 aliphatic heterocycles. The van der Waals surface area contributed by atoms with Crippen LogP contribution in [0, 0.1) is 0 Å². The molecule has 0 fully saturated rings. The molecule has 1 N–H and O–H groups in total. The molecule has 0 radical (unpaired) electrons. The zero-order valence-electron chi connectivity index (χ0n) is 13.5. The van der Waals surface area contributed by atoms with Crippen molar-refractivity contribution < 1.29 is 13.2 Å². The van der Waals surface area contributed by atoms with Gasteiger partial charge in [0.15, 0.2) is 0 Å². The first-order valence-electron chi connectivity index (χ1n) is 7.30. The number of hydrogen-bond acceptors (Lipinski definition) is 4. The number of benzene rings is 2. The molecule has 12 heteroatoms. The van der Waals surface area contributed by atoms with E-state index in [1.165, 1.54) is 35.3 Å². The number of sulfonamides is 1. The molecule has 0 spiro atoms. The van der Waals surface area contributed by atoms with Crippen molar-refractivity contribution >= 4 is 78.3 Å². The summed E-state index contributed by atoms with van der Waals surface area (Å²) >= 11 is 27.2. The van der Waals surface area contributed by atoms with Gasteiger partial charge in [0.05, 0.1) is 24.6 Å². The van der Waals surface area contributed by atoms with Crippen molar-refractivity contribution in [1.29, 1.82) is 0 Å². The van der Waals surface area contributed by atoms with Crippen molar-refractivity contribution in [3.05, 3.63) is 73.1 Å². The minimum atomic E-state index is -4.30. The van der Waals surface area contributed by atoms with Gasteiger partial charge in [0, 0.05) is 11.9 Å². The molecule has 0 saturated carbocycles. The fourth-order valence-corrected chi connectivity index (χ4v) is 5.05. The van der Waals surface area contributed by atoms with Crippen molar-refractivity contribution in [3.63, 3.8) is 0 Å². The fourth-order valence-electron chi connectivity index (χ4n) is 2.24. The van der Waals surface area contributed by atoms with Crippen LogP contribution in [-0.4, -0.2) is 23.9 Å². The molecule has 1 amide bonds. The highest BCUT2D eigenvalue weighted by molar-refractivity contribution is 9.10. The lowest BCUT2D eigenvalue weighted by Gasteiger charge is -2.09. The maximum Gasteiger partial charge on any atom is 0.285 e. The van der Waals surface area contributed by atoms with Gasteiger partial charge in [-0.15, -0.1) is 0 Å². The molecule has 0 bridgehead atoms. The summed E-state index contributed by atoms with van der Waals surface area (Å²) in [6.07, 6.45) is 2.65. The van der Waals surface area contributed by atoms with Crippen LogP contribution in [0.25, 0.3) is 5.69 Å². The Labute approximate surface area is 188 Å². The molecule has 0 saturated heterocycles. The molecule has 28 heavy (non-hydrogen) atoms. The first-order valence-corrected chi connectivity index (χ1v) is 11.1. The van der Waals surface area contributed by atoms with Crippen LogP contribution in [0.4, 0.5) is 0 Å². The average Bonchev–Trinajstić information content (AvgIpc) is 3.08. The third-order valence-corrected chi connectivity index (χ3v) is 7.69. The van der Waals surface area contributed by atoms with E-state index >= 15 is 0 Å². The summed E-state index contributed by atoms with van der Waals surface area (Å²) in [6.45, 7) is 0. The smallest absolute Gasteiger partial charge is 0.285 e. The van der Waals surface area contributed by atoms with E-state index in [-0.39, 0.29) is 15.7 Å². The van der Waals surface area contributed by atoms with Gasteiger partial charge in [0.1, 0.15) is 16.9 Å². The number of aromatic nitrogens is 2. The van der Waals surface area contributed by atoms with Gasteiger partial charge >= 0.3 is 0 Å². The molecule has 3 aromatic rings. The first-order chi connectivity index (χ1) is 13.1. The van der Waals surface area contributed by atoms with E-state index in [2.05, 4.69) is 20.9 Å². The summed E-state index contributed by atoms with van der Waals surface area (Å²) in [5.74, 6) is -0.955. The number of carbonyl (C=O) groups excluding carboxylic acids is 1. The summed E-state index contributed by atoms with van der Waals surface area (Å²) in [7, 11) is -4.30. The Kier molecular flexibility index (Phi) is 6.29. The molecule has 146 valence electrons. The van der Waals surface area contributed by atoms with Crippen LogP contribution in [-0.2, 0) is 10.0 Å². The lowest BCUT2D eigenvalue weighted by molar-refractivity contribution is 0.0977. The molecular formula is C16H8BrCl4N3O3S. The number of halogens is 5. The van der Waals surface area contributed by atoms with Crippen LogP contribution < -0.4 is 4.72 Å². The molecular weight excluding hydrogens is 536 g/mol. The van der Waals surface area contributed by atoms with Gasteiger partial charge in [-0.3, -0.25) is 4.79 Å². The van der Waals surface area contributed by atoms with Crippen LogP contribution in [0.15, 0.2) is 52.2 Å². The molecule has 1 heterocycles. The van der Waals surface area contributed by atoms with Crippen LogP contribution in [0.5, 0.6) is 0 Å². The number of rotatable bonds is 4. The van der Waals surface area contributed by atoms with E-state index in [0.717, 1.165) is 0 Å². The Hall–Kier alpha value is -1.29. The zero-order valence-corrected chi connectivity index (χ0v) is 18.9. The van der Waals surface area contributed by atoms with Crippen molar-refractivity contribution in [1.82, 2.24) is 14.3 Å². The Morgan fingerprint density at radius 3 is 2.18 bits per heavy atom. The number of nitrogens with one attached hydrogen (secondary N) is 1. The lowest BCUT2D eigenvalue weighted by Crippen LogP contribution is -2.31. The van der Waals surface area contributed by atoms with Crippen molar-refractivity contribution in [2.45, 2.75) is 4.90 Å². The molecule has 0 unspecified atom stereocenters. The highest BCUT2D eigenvalue weighted by Gasteiger charge is 2.25. The number of nitrogens with zero attached hydrogens (tertiary/aromatic N) is 2. The van der Waals surface area contributed by atoms with Crippen molar-refractivity contribution in [3.8, 4) is 5.69 Å². The second kappa shape index (κ2) is 8.22.